The predicted molar refractivity (Wildman–Crippen MR) is 110 cm³/mol. The van der Waals surface area contributed by atoms with Crippen LogP contribution in [0.5, 0.6) is 0 Å². The third-order valence-corrected chi connectivity index (χ3v) is 6.56. The summed E-state index contributed by atoms with van der Waals surface area (Å²) in [5, 5.41) is 3.76. The molecule has 1 saturated carbocycles. The normalized spacial score (nSPS) is 17.9. The molecule has 2 aromatic rings. The lowest BCUT2D eigenvalue weighted by Crippen LogP contribution is -2.48. The Balaban J connectivity index is 1.33. The van der Waals surface area contributed by atoms with Gasteiger partial charge in [0.15, 0.2) is 5.69 Å². The van der Waals surface area contributed by atoms with Crippen molar-refractivity contribution in [1.29, 1.82) is 0 Å². The van der Waals surface area contributed by atoms with Crippen LogP contribution in [0.25, 0.3) is 0 Å². The van der Waals surface area contributed by atoms with Gasteiger partial charge in [0.25, 0.3) is 0 Å². The number of rotatable bonds is 6. The average molecular weight is 503 g/mol. The number of carbonyl (C=O) groups is 1. The second-order valence-corrected chi connectivity index (χ2v) is 8.83. The minimum Gasteiger partial charge on any atom is -0.340 e. The lowest BCUT2D eigenvalue weighted by atomic mass is 10.2. The van der Waals surface area contributed by atoms with Crippen molar-refractivity contribution < 1.29 is 22.4 Å². The van der Waals surface area contributed by atoms with Crippen LogP contribution in [-0.2, 0) is 24.1 Å². The molecule has 1 aromatic heterocycles. The molecule has 0 unspecified atom stereocenters. The van der Waals surface area contributed by atoms with Crippen LogP contribution >= 0.6 is 15.9 Å². The fourth-order valence-electron chi connectivity index (χ4n) is 3.93. The summed E-state index contributed by atoms with van der Waals surface area (Å²) in [7, 11) is 0. The molecule has 0 spiro atoms. The van der Waals surface area contributed by atoms with E-state index in [2.05, 4.69) is 25.9 Å². The fourth-order valence-corrected chi connectivity index (χ4v) is 4.77. The molecule has 1 saturated heterocycles. The second-order valence-electron chi connectivity index (χ2n) is 8.04. The van der Waals surface area contributed by atoms with E-state index < -0.39 is 11.9 Å². The number of nitrogens with zero attached hydrogens (tertiary/aromatic N) is 4. The summed E-state index contributed by atoms with van der Waals surface area (Å²) in [6.07, 6.45) is -2.77. The van der Waals surface area contributed by atoms with Crippen molar-refractivity contribution in [1.82, 2.24) is 19.6 Å². The van der Waals surface area contributed by atoms with E-state index in [0.717, 1.165) is 12.8 Å². The van der Waals surface area contributed by atoms with Crippen LogP contribution in [0.1, 0.15) is 42.1 Å². The van der Waals surface area contributed by atoms with Crippen LogP contribution in [-0.4, -0.2) is 51.7 Å². The molecule has 10 heteroatoms. The Morgan fingerprint density at radius 3 is 2.42 bits per heavy atom. The van der Waals surface area contributed by atoms with Crippen molar-refractivity contribution in [2.45, 2.75) is 44.4 Å². The lowest BCUT2D eigenvalue weighted by Gasteiger charge is -2.35. The van der Waals surface area contributed by atoms with Gasteiger partial charge in [-0.15, -0.1) is 0 Å². The van der Waals surface area contributed by atoms with Gasteiger partial charge >= 0.3 is 6.18 Å². The van der Waals surface area contributed by atoms with Gasteiger partial charge < -0.3 is 4.90 Å². The molecule has 4 rings (SSSR count). The third-order valence-electron chi connectivity index (χ3n) is 5.78. The highest BCUT2D eigenvalue weighted by Crippen LogP contribution is 2.47. The van der Waals surface area contributed by atoms with Crippen LogP contribution in [0.15, 0.2) is 28.7 Å². The van der Waals surface area contributed by atoms with E-state index >= 15 is 0 Å². The average Bonchev–Trinajstić information content (AvgIpc) is 3.50. The number of carbonyl (C=O) groups excluding carboxylic acids is 1. The molecule has 1 aliphatic carbocycles. The van der Waals surface area contributed by atoms with E-state index in [0.29, 0.717) is 44.0 Å². The minimum absolute atomic E-state index is 0.00305. The standard InChI is InChI=1S/C21H23BrF4N4O/c22-18-19(14-5-6-14)30(27-20(18)21(24,25)26)8-7-17(31)29-11-9-28(10-12-29)13-15-3-1-2-4-16(15)23/h1-4,14H,5-13H2. The monoisotopic (exact) mass is 502 g/mol. The molecule has 0 atom stereocenters. The van der Waals surface area contributed by atoms with Crippen molar-refractivity contribution in [2.75, 3.05) is 26.2 Å². The maximum absolute atomic E-state index is 13.8. The molecule has 0 bridgehead atoms. The highest BCUT2D eigenvalue weighted by molar-refractivity contribution is 9.10. The Morgan fingerprint density at radius 2 is 1.81 bits per heavy atom. The summed E-state index contributed by atoms with van der Waals surface area (Å²) in [6, 6.07) is 6.64. The molecular weight excluding hydrogens is 480 g/mol. The predicted octanol–water partition coefficient (Wildman–Crippen LogP) is 4.42. The van der Waals surface area contributed by atoms with Crippen LogP contribution in [0.4, 0.5) is 17.6 Å². The van der Waals surface area contributed by atoms with Gasteiger partial charge in [0.05, 0.1) is 16.7 Å². The number of piperazine rings is 1. The molecule has 0 radical (unpaired) electrons. The maximum atomic E-state index is 13.8. The number of aryl methyl sites for hydroxylation is 1. The molecular formula is C21H23BrF4N4O. The zero-order chi connectivity index (χ0) is 22.2. The van der Waals surface area contributed by atoms with E-state index in [1.165, 1.54) is 10.7 Å². The van der Waals surface area contributed by atoms with Gasteiger partial charge in [-0.25, -0.2) is 4.39 Å². The topological polar surface area (TPSA) is 41.4 Å². The molecule has 2 aliphatic rings. The van der Waals surface area contributed by atoms with Gasteiger partial charge in [-0.3, -0.25) is 14.4 Å². The van der Waals surface area contributed by atoms with Gasteiger partial charge in [-0.2, -0.15) is 18.3 Å². The first kappa shape index (κ1) is 22.3. The summed E-state index contributed by atoms with van der Waals surface area (Å²) < 4.78 is 54.8. The maximum Gasteiger partial charge on any atom is 0.436 e. The number of alkyl halides is 3. The van der Waals surface area contributed by atoms with Gasteiger partial charge in [-0.05, 0) is 34.8 Å². The number of halogens is 5. The molecule has 2 fully saturated rings. The zero-order valence-electron chi connectivity index (χ0n) is 16.8. The van der Waals surface area contributed by atoms with E-state index in [1.54, 1.807) is 23.1 Å². The number of benzene rings is 1. The van der Waals surface area contributed by atoms with Crippen LogP contribution in [0, 0.1) is 5.82 Å². The highest BCUT2D eigenvalue weighted by atomic mass is 79.9. The minimum atomic E-state index is -4.54. The molecule has 1 aliphatic heterocycles. The first-order chi connectivity index (χ1) is 14.7. The first-order valence-corrected chi connectivity index (χ1v) is 11.1. The Hall–Kier alpha value is -1.94. The lowest BCUT2D eigenvalue weighted by molar-refractivity contribution is -0.142. The Bertz CT molecular complexity index is 949. The van der Waals surface area contributed by atoms with Crippen LogP contribution in [0.2, 0.25) is 0 Å². The van der Waals surface area contributed by atoms with Gasteiger partial charge in [0, 0.05) is 50.6 Å². The molecule has 0 N–H and O–H groups in total. The smallest absolute Gasteiger partial charge is 0.340 e. The number of hydrogen-bond donors (Lipinski definition) is 0. The summed E-state index contributed by atoms with van der Waals surface area (Å²) in [5.74, 6) is -0.279. The van der Waals surface area contributed by atoms with Crippen molar-refractivity contribution in [2.24, 2.45) is 0 Å². The Labute approximate surface area is 186 Å². The van der Waals surface area contributed by atoms with Crippen molar-refractivity contribution >= 4 is 21.8 Å². The van der Waals surface area contributed by atoms with E-state index in [-0.39, 0.29) is 35.1 Å². The molecule has 2 heterocycles. The van der Waals surface area contributed by atoms with Gasteiger partial charge in [0.2, 0.25) is 5.91 Å². The molecule has 1 amide bonds. The van der Waals surface area contributed by atoms with Gasteiger partial charge in [0.1, 0.15) is 5.82 Å². The summed E-state index contributed by atoms with van der Waals surface area (Å²) >= 11 is 3.07. The van der Waals surface area contributed by atoms with Crippen molar-refractivity contribution in [3.8, 4) is 0 Å². The van der Waals surface area contributed by atoms with Gasteiger partial charge in [-0.1, -0.05) is 18.2 Å². The highest BCUT2D eigenvalue weighted by Gasteiger charge is 2.41. The van der Waals surface area contributed by atoms with Crippen molar-refractivity contribution in [3.05, 3.63) is 51.5 Å². The molecule has 31 heavy (non-hydrogen) atoms. The second kappa shape index (κ2) is 8.90. The zero-order valence-corrected chi connectivity index (χ0v) is 18.4. The number of aromatic nitrogens is 2. The fraction of sp³-hybridized carbons (Fsp3) is 0.524. The van der Waals surface area contributed by atoms with E-state index in [9.17, 15) is 22.4 Å². The van der Waals surface area contributed by atoms with Crippen LogP contribution < -0.4 is 0 Å². The summed E-state index contributed by atoms with van der Waals surface area (Å²) in [5.41, 5.74) is 0.234. The van der Waals surface area contributed by atoms with E-state index in [4.69, 9.17) is 0 Å². The molecule has 5 nitrogen and oxygen atoms in total. The third kappa shape index (κ3) is 5.11. The van der Waals surface area contributed by atoms with E-state index in [1.807, 2.05) is 0 Å². The SMILES string of the molecule is O=C(CCn1nc(C(F)(F)F)c(Br)c1C1CC1)N1CCN(Cc2ccccc2F)CC1. The largest absolute Gasteiger partial charge is 0.436 e. The Morgan fingerprint density at radius 1 is 1.13 bits per heavy atom. The molecule has 1 aromatic carbocycles. The quantitative estimate of drug-likeness (QED) is 0.549. The summed E-state index contributed by atoms with van der Waals surface area (Å²) in [6.45, 7) is 2.88. The summed E-state index contributed by atoms with van der Waals surface area (Å²) in [4.78, 5) is 16.5. The van der Waals surface area contributed by atoms with Crippen LogP contribution in [0.3, 0.4) is 0 Å². The number of hydrogen-bond acceptors (Lipinski definition) is 3. The van der Waals surface area contributed by atoms with Crippen molar-refractivity contribution in [3.63, 3.8) is 0 Å². The first-order valence-electron chi connectivity index (χ1n) is 10.3. The number of amides is 1. The Kier molecular flexibility index (Phi) is 6.39. The molecule has 168 valence electrons.